The lowest BCUT2D eigenvalue weighted by molar-refractivity contribution is -0.384. The maximum Gasteiger partial charge on any atom is 0.296 e. The van der Waals surface area contributed by atoms with E-state index in [0.29, 0.717) is 16.5 Å². The van der Waals surface area contributed by atoms with Crippen molar-refractivity contribution in [2.24, 2.45) is 0 Å². The number of nitro groups is 1. The molecule has 0 bridgehead atoms. The molecule has 1 saturated heterocycles. The Morgan fingerprint density at radius 3 is 2.34 bits per heavy atom. The summed E-state index contributed by atoms with van der Waals surface area (Å²) in [7, 11) is 3.12. The van der Waals surface area contributed by atoms with Gasteiger partial charge in [0, 0.05) is 23.3 Å². The zero-order valence-electron chi connectivity index (χ0n) is 21.4. The third kappa shape index (κ3) is 4.32. The van der Waals surface area contributed by atoms with E-state index in [-0.39, 0.29) is 22.7 Å². The maximum absolute atomic E-state index is 12.0. The van der Waals surface area contributed by atoms with Gasteiger partial charge >= 0.3 is 0 Å². The van der Waals surface area contributed by atoms with E-state index in [2.05, 4.69) is 21.3 Å². The molecule has 38 heavy (non-hydrogen) atoms. The summed E-state index contributed by atoms with van der Waals surface area (Å²) in [6, 6.07) is 20.0. The highest BCUT2D eigenvalue weighted by Crippen LogP contribution is 2.44. The average molecular weight is 530 g/mol. The molecule has 1 aliphatic rings. The lowest BCUT2D eigenvalue weighted by Gasteiger charge is -2.28. The summed E-state index contributed by atoms with van der Waals surface area (Å²) in [5.74, 6) is 1.17. The van der Waals surface area contributed by atoms with Crippen LogP contribution in [0.15, 0.2) is 72.9 Å². The number of aryl methyl sites for hydroxylation is 1. The molecule has 0 spiro atoms. The van der Waals surface area contributed by atoms with Gasteiger partial charge in [0.2, 0.25) is 0 Å². The van der Waals surface area contributed by atoms with Gasteiger partial charge in [0.1, 0.15) is 17.2 Å². The topological polar surface area (TPSA) is 94.7 Å². The van der Waals surface area contributed by atoms with E-state index < -0.39 is 0 Å². The fourth-order valence-corrected chi connectivity index (χ4v) is 5.46. The lowest BCUT2D eigenvalue weighted by Crippen LogP contribution is -2.29. The van der Waals surface area contributed by atoms with Crippen molar-refractivity contribution in [2.75, 3.05) is 19.1 Å². The smallest absolute Gasteiger partial charge is 0.296 e. The Labute approximate surface area is 225 Å². The quantitative estimate of drug-likeness (QED) is 0.188. The fraction of sp³-hybridized carbons (Fsp3) is 0.214. The van der Waals surface area contributed by atoms with Crippen LogP contribution in [-0.2, 0) is 0 Å². The first kappa shape index (κ1) is 25.2. The van der Waals surface area contributed by atoms with Crippen LogP contribution in [0.4, 0.5) is 11.4 Å². The summed E-state index contributed by atoms with van der Waals surface area (Å²) in [6.07, 6.45) is 1.76. The lowest BCUT2D eigenvalue weighted by atomic mass is 9.96. The van der Waals surface area contributed by atoms with Crippen LogP contribution in [0.1, 0.15) is 34.7 Å². The standard InChI is InChI=1S/C28H27N5O4S/c1-17-15-22(18(2)31(17)24-13-12-21(37-4)16-25(24)33(34)35)27-26(23-7-5-6-14-29-23)30-28(38)32(27)19-8-10-20(36-3)11-9-19/h5-16,26-27H,1-4H3,(H,30,38). The van der Waals surface area contributed by atoms with Crippen LogP contribution in [0.3, 0.4) is 0 Å². The first-order valence-electron chi connectivity index (χ1n) is 12.0. The SMILES string of the molecule is COc1ccc(N2C(=S)NC(c3ccccn3)C2c2cc(C)n(-c3ccc(OC)cc3[N+](=O)[O-])c2C)cc1. The molecule has 2 atom stereocenters. The second-order valence-electron chi connectivity index (χ2n) is 8.97. The van der Waals surface area contributed by atoms with Crippen molar-refractivity contribution in [2.45, 2.75) is 25.9 Å². The van der Waals surface area contributed by atoms with Gasteiger partial charge in [0.05, 0.1) is 43.0 Å². The second kappa shape index (κ2) is 10.1. The maximum atomic E-state index is 12.0. The first-order valence-corrected chi connectivity index (χ1v) is 12.4. The Morgan fingerprint density at radius 2 is 1.71 bits per heavy atom. The molecule has 194 valence electrons. The number of hydrogen-bond acceptors (Lipinski definition) is 6. The Balaban J connectivity index is 1.69. The van der Waals surface area contributed by atoms with Crippen LogP contribution < -0.4 is 19.7 Å². The number of aromatic nitrogens is 2. The van der Waals surface area contributed by atoms with Gasteiger partial charge in [0.15, 0.2) is 5.11 Å². The molecule has 4 aromatic rings. The molecule has 3 heterocycles. The van der Waals surface area contributed by atoms with Crippen LogP contribution in [0.25, 0.3) is 5.69 Å². The van der Waals surface area contributed by atoms with Crippen molar-refractivity contribution in [3.05, 3.63) is 106 Å². The van der Waals surface area contributed by atoms with Gasteiger partial charge in [-0.2, -0.15) is 0 Å². The van der Waals surface area contributed by atoms with Gasteiger partial charge in [0.25, 0.3) is 5.69 Å². The van der Waals surface area contributed by atoms with Crippen LogP contribution in [0.5, 0.6) is 11.5 Å². The molecule has 1 fully saturated rings. The van der Waals surface area contributed by atoms with Crippen molar-refractivity contribution < 1.29 is 14.4 Å². The van der Waals surface area contributed by atoms with E-state index >= 15 is 0 Å². The van der Waals surface area contributed by atoms with E-state index in [4.69, 9.17) is 21.7 Å². The number of nitrogens with one attached hydrogen (secondary N) is 1. The number of thiocarbonyl (C=S) groups is 1. The van der Waals surface area contributed by atoms with Crippen molar-refractivity contribution in [3.8, 4) is 17.2 Å². The fourth-order valence-electron chi connectivity index (χ4n) is 5.12. The highest BCUT2D eigenvalue weighted by molar-refractivity contribution is 7.80. The number of methoxy groups -OCH3 is 2. The largest absolute Gasteiger partial charge is 0.497 e. The zero-order chi connectivity index (χ0) is 27.0. The summed E-state index contributed by atoms with van der Waals surface area (Å²) in [6.45, 7) is 3.91. The van der Waals surface area contributed by atoms with E-state index in [9.17, 15) is 10.1 Å². The third-order valence-corrected chi connectivity index (χ3v) is 7.17. The van der Waals surface area contributed by atoms with Gasteiger partial charge in [-0.05, 0) is 86.2 Å². The molecule has 2 aromatic carbocycles. The van der Waals surface area contributed by atoms with Crippen LogP contribution in [0.2, 0.25) is 0 Å². The predicted octanol–water partition coefficient (Wildman–Crippen LogP) is 5.59. The number of ether oxygens (including phenoxy) is 2. The van der Waals surface area contributed by atoms with E-state index in [1.165, 1.54) is 13.2 Å². The molecule has 0 amide bonds. The number of anilines is 1. The van der Waals surface area contributed by atoms with Gasteiger partial charge in [-0.25, -0.2) is 0 Å². The summed E-state index contributed by atoms with van der Waals surface area (Å²) < 4.78 is 12.5. The molecule has 5 rings (SSSR count). The van der Waals surface area contributed by atoms with E-state index in [0.717, 1.165) is 34.1 Å². The molecule has 1 aliphatic heterocycles. The molecule has 9 nitrogen and oxygen atoms in total. The molecule has 2 aromatic heterocycles. The monoisotopic (exact) mass is 529 g/mol. The summed E-state index contributed by atoms with van der Waals surface area (Å²) in [5.41, 5.74) is 4.88. The normalized spacial score (nSPS) is 16.8. The van der Waals surface area contributed by atoms with Gasteiger partial charge in [-0.1, -0.05) is 6.07 Å². The van der Waals surface area contributed by atoms with Gasteiger partial charge < -0.3 is 24.3 Å². The van der Waals surface area contributed by atoms with E-state index in [1.807, 2.05) is 60.9 Å². The molecule has 0 aliphatic carbocycles. The molecule has 10 heteroatoms. The highest BCUT2D eigenvalue weighted by atomic mass is 32.1. The summed E-state index contributed by atoms with van der Waals surface area (Å²) >= 11 is 5.84. The van der Waals surface area contributed by atoms with Crippen molar-refractivity contribution in [3.63, 3.8) is 0 Å². The number of hydrogen-bond donors (Lipinski definition) is 1. The number of nitro benzene ring substituents is 1. The predicted molar refractivity (Wildman–Crippen MR) is 149 cm³/mol. The Bertz CT molecular complexity index is 1500. The third-order valence-electron chi connectivity index (χ3n) is 6.86. The molecule has 0 saturated carbocycles. The number of rotatable bonds is 7. The minimum absolute atomic E-state index is 0.0361. The van der Waals surface area contributed by atoms with Crippen LogP contribution in [-0.4, -0.2) is 33.8 Å². The Hall–Kier alpha value is -4.44. The second-order valence-corrected chi connectivity index (χ2v) is 9.35. The Morgan fingerprint density at radius 1 is 1.00 bits per heavy atom. The van der Waals surface area contributed by atoms with Crippen LogP contribution in [0, 0.1) is 24.0 Å². The molecule has 1 N–H and O–H groups in total. The van der Waals surface area contributed by atoms with Gasteiger partial charge in [-0.3, -0.25) is 15.1 Å². The number of nitrogens with zero attached hydrogens (tertiary/aromatic N) is 4. The number of benzene rings is 2. The molecular formula is C28H27N5O4S. The average Bonchev–Trinajstić information content (AvgIpc) is 3.43. The van der Waals surface area contributed by atoms with E-state index in [1.54, 1.807) is 25.4 Å². The minimum atomic E-state index is -0.386. The molecular weight excluding hydrogens is 502 g/mol. The van der Waals surface area contributed by atoms with Crippen molar-refractivity contribution in [1.29, 1.82) is 0 Å². The molecule has 0 radical (unpaired) electrons. The summed E-state index contributed by atoms with van der Waals surface area (Å²) in [5, 5.41) is 16.0. The zero-order valence-corrected chi connectivity index (χ0v) is 22.2. The molecule has 2 unspecified atom stereocenters. The minimum Gasteiger partial charge on any atom is -0.497 e. The van der Waals surface area contributed by atoms with Crippen molar-refractivity contribution in [1.82, 2.24) is 14.9 Å². The number of pyridine rings is 1. The van der Waals surface area contributed by atoms with Crippen molar-refractivity contribution >= 4 is 28.7 Å². The van der Waals surface area contributed by atoms with Gasteiger partial charge in [-0.15, -0.1) is 0 Å². The first-order chi connectivity index (χ1) is 18.3. The van der Waals surface area contributed by atoms with Crippen LogP contribution >= 0.6 is 12.2 Å². The Kier molecular flexibility index (Phi) is 6.73. The summed E-state index contributed by atoms with van der Waals surface area (Å²) in [4.78, 5) is 18.3. The highest BCUT2D eigenvalue weighted by Gasteiger charge is 2.42.